The van der Waals surface area contributed by atoms with E-state index in [1.165, 1.54) is 6.07 Å². The zero-order valence-corrected chi connectivity index (χ0v) is 12.1. The molecule has 1 aliphatic heterocycles. The molecule has 0 fully saturated rings. The highest BCUT2D eigenvalue weighted by Gasteiger charge is 2.21. The van der Waals surface area contributed by atoms with Gasteiger partial charge < -0.3 is 14.0 Å². The van der Waals surface area contributed by atoms with E-state index >= 15 is 0 Å². The van der Waals surface area contributed by atoms with Crippen molar-refractivity contribution in [2.24, 2.45) is 0 Å². The highest BCUT2D eigenvalue weighted by Crippen LogP contribution is 2.33. The van der Waals surface area contributed by atoms with Gasteiger partial charge in [0.15, 0.2) is 6.79 Å². The number of para-hydroxylation sites is 2. The first-order valence-electron chi connectivity index (χ1n) is 7.13. The van der Waals surface area contributed by atoms with Gasteiger partial charge in [-0.2, -0.15) is 0 Å². The van der Waals surface area contributed by atoms with Crippen molar-refractivity contribution in [1.29, 1.82) is 0 Å². The predicted octanol–water partition coefficient (Wildman–Crippen LogP) is 2.86. The molecule has 0 N–H and O–H groups in total. The second-order valence-electron chi connectivity index (χ2n) is 5.32. The Morgan fingerprint density at radius 2 is 2.17 bits per heavy atom. The van der Waals surface area contributed by atoms with Crippen molar-refractivity contribution in [1.82, 2.24) is 9.55 Å². The Morgan fingerprint density at radius 1 is 1.30 bits per heavy atom. The lowest BCUT2D eigenvalue weighted by Crippen LogP contribution is -2.14. The average molecular weight is 311 g/mol. The first kappa shape index (κ1) is 13.7. The molecule has 0 bridgehead atoms. The number of non-ortho nitro benzene ring substituents is 1. The van der Waals surface area contributed by atoms with Crippen molar-refractivity contribution in [2.45, 2.75) is 13.2 Å². The van der Waals surface area contributed by atoms with E-state index in [4.69, 9.17) is 9.47 Å². The maximum absolute atomic E-state index is 11.2. The fraction of sp³-hybridized carbons (Fsp3) is 0.188. The van der Waals surface area contributed by atoms with Gasteiger partial charge >= 0.3 is 0 Å². The molecule has 0 aliphatic carbocycles. The number of aromatic nitrogens is 2. The van der Waals surface area contributed by atoms with Crippen LogP contribution in [-0.4, -0.2) is 21.3 Å². The molecule has 1 aromatic heterocycles. The predicted molar refractivity (Wildman–Crippen MR) is 82.2 cm³/mol. The van der Waals surface area contributed by atoms with Crippen LogP contribution in [0.15, 0.2) is 42.7 Å². The summed E-state index contributed by atoms with van der Waals surface area (Å²) >= 11 is 0. The van der Waals surface area contributed by atoms with Crippen LogP contribution in [0.2, 0.25) is 0 Å². The zero-order chi connectivity index (χ0) is 15.8. The lowest BCUT2D eigenvalue weighted by Gasteiger charge is -2.20. The monoisotopic (exact) mass is 311 g/mol. The second kappa shape index (κ2) is 5.36. The Morgan fingerprint density at radius 3 is 3.04 bits per heavy atom. The Balaban J connectivity index is 1.81. The molecule has 7 nitrogen and oxygen atoms in total. The molecular formula is C16H13N3O4. The topological polar surface area (TPSA) is 79.4 Å². The van der Waals surface area contributed by atoms with Crippen LogP contribution in [0.5, 0.6) is 5.75 Å². The van der Waals surface area contributed by atoms with Crippen molar-refractivity contribution >= 4 is 16.7 Å². The number of ether oxygens (including phenoxy) is 2. The number of hydrogen-bond donors (Lipinski definition) is 0. The van der Waals surface area contributed by atoms with Gasteiger partial charge in [0.2, 0.25) is 0 Å². The van der Waals surface area contributed by atoms with Crippen LogP contribution < -0.4 is 4.74 Å². The molecule has 0 amide bonds. The van der Waals surface area contributed by atoms with Crippen molar-refractivity contribution in [3.63, 3.8) is 0 Å². The Bertz CT molecular complexity index is 903. The third-order valence-electron chi connectivity index (χ3n) is 3.85. The Kier molecular flexibility index (Phi) is 3.20. The number of nitrogens with zero attached hydrogens (tertiary/aromatic N) is 3. The summed E-state index contributed by atoms with van der Waals surface area (Å²) in [6.07, 6.45) is 1.73. The average Bonchev–Trinajstić information content (AvgIpc) is 2.98. The summed E-state index contributed by atoms with van der Waals surface area (Å²) in [5.74, 6) is 0.666. The lowest BCUT2D eigenvalue weighted by molar-refractivity contribution is -0.385. The molecule has 0 saturated carbocycles. The lowest BCUT2D eigenvalue weighted by atomic mass is 10.1. The molecule has 0 saturated heterocycles. The third-order valence-corrected chi connectivity index (χ3v) is 3.85. The summed E-state index contributed by atoms with van der Waals surface area (Å²) in [5.41, 5.74) is 3.35. The molecule has 2 aromatic carbocycles. The van der Waals surface area contributed by atoms with Gasteiger partial charge in [-0.15, -0.1) is 0 Å². The normalized spacial score (nSPS) is 13.6. The van der Waals surface area contributed by atoms with Gasteiger partial charge in [0.25, 0.3) is 5.69 Å². The molecule has 2 heterocycles. The van der Waals surface area contributed by atoms with Gasteiger partial charge in [0.05, 0.1) is 35.4 Å². The van der Waals surface area contributed by atoms with E-state index in [-0.39, 0.29) is 12.5 Å². The van der Waals surface area contributed by atoms with Crippen LogP contribution in [0.4, 0.5) is 5.69 Å². The van der Waals surface area contributed by atoms with E-state index < -0.39 is 4.92 Å². The number of nitro benzene ring substituents is 1. The highest BCUT2D eigenvalue weighted by atomic mass is 16.7. The van der Waals surface area contributed by atoms with Gasteiger partial charge in [-0.3, -0.25) is 10.1 Å². The van der Waals surface area contributed by atoms with Crippen LogP contribution in [-0.2, 0) is 17.9 Å². The van der Waals surface area contributed by atoms with E-state index in [1.54, 1.807) is 12.4 Å². The first-order chi connectivity index (χ1) is 11.2. The van der Waals surface area contributed by atoms with Gasteiger partial charge in [-0.25, -0.2) is 4.98 Å². The second-order valence-corrected chi connectivity index (χ2v) is 5.32. The molecular weight excluding hydrogens is 298 g/mol. The quantitative estimate of drug-likeness (QED) is 0.549. The summed E-state index contributed by atoms with van der Waals surface area (Å²) in [7, 11) is 0. The molecule has 0 atom stereocenters. The summed E-state index contributed by atoms with van der Waals surface area (Å²) < 4.78 is 12.8. The van der Waals surface area contributed by atoms with Crippen LogP contribution in [0.25, 0.3) is 11.0 Å². The fourth-order valence-electron chi connectivity index (χ4n) is 2.82. The molecule has 116 valence electrons. The zero-order valence-electron chi connectivity index (χ0n) is 12.1. The summed E-state index contributed by atoms with van der Waals surface area (Å²) in [6.45, 7) is 0.918. The van der Waals surface area contributed by atoms with Gasteiger partial charge in [0.1, 0.15) is 5.75 Å². The smallest absolute Gasteiger partial charge is 0.270 e. The molecule has 4 rings (SSSR count). The van der Waals surface area contributed by atoms with Gasteiger partial charge in [0, 0.05) is 23.3 Å². The number of fused-ring (bicyclic) bond motifs is 2. The van der Waals surface area contributed by atoms with Crippen molar-refractivity contribution in [3.05, 3.63) is 64.0 Å². The Labute approximate surface area is 131 Å². The van der Waals surface area contributed by atoms with E-state index in [0.717, 1.165) is 16.6 Å². The van der Waals surface area contributed by atoms with E-state index in [0.29, 0.717) is 24.5 Å². The number of imidazole rings is 1. The number of benzene rings is 2. The fourth-order valence-corrected chi connectivity index (χ4v) is 2.82. The molecule has 7 heteroatoms. The molecule has 23 heavy (non-hydrogen) atoms. The number of rotatable bonds is 3. The van der Waals surface area contributed by atoms with E-state index in [9.17, 15) is 10.1 Å². The molecule has 1 aliphatic rings. The minimum absolute atomic E-state index is 0.0391. The molecule has 3 aromatic rings. The van der Waals surface area contributed by atoms with Crippen molar-refractivity contribution < 1.29 is 14.4 Å². The van der Waals surface area contributed by atoms with Gasteiger partial charge in [-0.1, -0.05) is 12.1 Å². The summed E-state index contributed by atoms with van der Waals surface area (Å²) in [5, 5.41) is 11.2. The summed E-state index contributed by atoms with van der Waals surface area (Å²) in [4.78, 5) is 15.1. The van der Waals surface area contributed by atoms with E-state index in [2.05, 4.69) is 4.98 Å². The van der Waals surface area contributed by atoms with Crippen molar-refractivity contribution in [2.75, 3.05) is 6.79 Å². The van der Waals surface area contributed by atoms with Crippen LogP contribution in [0.3, 0.4) is 0 Å². The largest absolute Gasteiger partial charge is 0.467 e. The molecule has 0 unspecified atom stereocenters. The summed E-state index contributed by atoms with van der Waals surface area (Å²) in [6, 6.07) is 10.8. The maximum atomic E-state index is 11.2. The standard InChI is InChI=1S/C16H13N3O4/c20-19(21)13-5-11(16-12(6-13)8-22-10-23-16)7-18-9-17-14-3-1-2-4-15(14)18/h1-6,9H,7-8,10H2. The minimum atomic E-state index is -0.398. The van der Waals surface area contributed by atoms with Crippen LogP contribution >= 0.6 is 0 Å². The van der Waals surface area contributed by atoms with Crippen LogP contribution in [0, 0.1) is 10.1 Å². The first-order valence-corrected chi connectivity index (χ1v) is 7.13. The number of nitro groups is 1. The van der Waals surface area contributed by atoms with Gasteiger partial charge in [-0.05, 0) is 12.1 Å². The highest BCUT2D eigenvalue weighted by molar-refractivity contribution is 5.75. The maximum Gasteiger partial charge on any atom is 0.270 e. The van der Waals surface area contributed by atoms with E-state index in [1.807, 2.05) is 28.8 Å². The molecule has 0 radical (unpaired) electrons. The number of hydrogen-bond acceptors (Lipinski definition) is 5. The Hall–Kier alpha value is -2.93. The third kappa shape index (κ3) is 2.40. The SMILES string of the molecule is O=[N+]([O-])c1cc2c(c(Cn3cnc4ccccc43)c1)OCOC2. The molecule has 0 spiro atoms. The minimum Gasteiger partial charge on any atom is -0.467 e. The van der Waals surface area contributed by atoms with Crippen LogP contribution in [0.1, 0.15) is 11.1 Å². The van der Waals surface area contributed by atoms with Crippen molar-refractivity contribution in [3.8, 4) is 5.75 Å².